The summed E-state index contributed by atoms with van der Waals surface area (Å²) in [7, 11) is 0. The van der Waals surface area contributed by atoms with Gasteiger partial charge in [0.15, 0.2) is 0 Å². The number of nitrogens with zero attached hydrogens (tertiary/aromatic N) is 2. The van der Waals surface area contributed by atoms with Crippen LogP contribution in [0.2, 0.25) is 0 Å². The van der Waals surface area contributed by atoms with Gasteiger partial charge in [-0.2, -0.15) is 0 Å². The van der Waals surface area contributed by atoms with E-state index in [1.807, 2.05) is 42.2 Å². The van der Waals surface area contributed by atoms with Gasteiger partial charge in [0.25, 0.3) is 0 Å². The number of benzene rings is 1. The van der Waals surface area contributed by atoms with Gasteiger partial charge in [-0.15, -0.1) is 0 Å². The van der Waals surface area contributed by atoms with E-state index < -0.39 is 0 Å². The molecule has 1 aromatic carbocycles. The zero-order chi connectivity index (χ0) is 15.2. The normalized spacial score (nSPS) is 17.8. The summed E-state index contributed by atoms with van der Waals surface area (Å²) < 4.78 is 0. The first-order valence-electron chi connectivity index (χ1n) is 7.89. The van der Waals surface area contributed by atoms with Gasteiger partial charge in [0.1, 0.15) is 0 Å². The molecule has 1 aliphatic heterocycles. The monoisotopic (exact) mass is 289 g/mol. The Labute approximate surface area is 128 Å². The van der Waals surface area contributed by atoms with Crippen molar-refractivity contribution in [2.75, 3.05) is 32.7 Å². The average Bonchev–Trinajstić information content (AvgIpc) is 2.48. The van der Waals surface area contributed by atoms with E-state index in [2.05, 4.69) is 24.1 Å². The molecule has 2 amide bonds. The molecule has 0 spiro atoms. The first kappa shape index (κ1) is 15.8. The van der Waals surface area contributed by atoms with Crippen molar-refractivity contribution in [3.05, 3.63) is 35.9 Å². The molecule has 0 aliphatic carbocycles. The van der Waals surface area contributed by atoms with Crippen LogP contribution in [0.15, 0.2) is 30.3 Å². The minimum Gasteiger partial charge on any atom is -0.331 e. The Morgan fingerprint density at radius 3 is 2.29 bits per heavy atom. The maximum atomic E-state index is 12.3. The van der Waals surface area contributed by atoms with Gasteiger partial charge in [0.05, 0.1) is 6.04 Å². The zero-order valence-corrected chi connectivity index (χ0v) is 13.4. The van der Waals surface area contributed by atoms with Crippen LogP contribution in [0, 0.1) is 5.92 Å². The number of rotatable bonds is 4. The summed E-state index contributed by atoms with van der Waals surface area (Å²) in [6.45, 7) is 11.2. The highest BCUT2D eigenvalue weighted by Gasteiger charge is 2.22. The lowest BCUT2D eigenvalue weighted by molar-refractivity contribution is 0.130. The van der Waals surface area contributed by atoms with Crippen molar-refractivity contribution in [2.45, 2.75) is 26.8 Å². The number of urea groups is 1. The molecular weight excluding hydrogens is 262 g/mol. The topological polar surface area (TPSA) is 35.6 Å². The Hall–Kier alpha value is -1.55. The van der Waals surface area contributed by atoms with Crippen molar-refractivity contribution in [3.8, 4) is 0 Å². The lowest BCUT2D eigenvalue weighted by Gasteiger charge is -2.36. The maximum Gasteiger partial charge on any atom is 0.317 e. The molecule has 1 aliphatic rings. The molecule has 116 valence electrons. The number of carbonyl (C=O) groups excluding carboxylic acids is 1. The van der Waals surface area contributed by atoms with Crippen LogP contribution in [0.25, 0.3) is 0 Å². The summed E-state index contributed by atoms with van der Waals surface area (Å²) in [4.78, 5) is 16.7. The van der Waals surface area contributed by atoms with E-state index in [-0.39, 0.29) is 12.1 Å². The molecule has 1 N–H and O–H groups in total. The third kappa shape index (κ3) is 4.74. The predicted molar refractivity (Wildman–Crippen MR) is 86.2 cm³/mol. The van der Waals surface area contributed by atoms with Crippen LogP contribution in [-0.4, -0.2) is 48.6 Å². The third-order valence-corrected chi connectivity index (χ3v) is 3.92. The molecule has 0 saturated carbocycles. The summed E-state index contributed by atoms with van der Waals surface area (Å²) in [6.07, 6.45) is 0. The second kappa shape index (κ2) is 7.46. The van der Waals surface area contributed by atoms with E-state index in [1.165, 1.54) is 0 Å². The summed E-state index contributed by atoms with van der Waals surface area (Å²) in [5, 5.41) is 3.09. The first-order valence-corrected chi connectivity index (χ1v) is 7.89. The van der Waals surface area contributed by atoms with Gasteiger partial charge < -0.3 is 10.2 Å². The Kier molecular flexibility index (Phi) is 5.62. The molecule has 1 unspecified atom stereocenters. The lowest BCUT2D eigenvalue weighted by Crippen LogP contribution is -2.52. The Bertz CT molecular complexity index is 439. The number of amides is 2. The number of carbonyl (C=O) groups is 1. The van der Waals surface area contributed by atoms with Crippen molar-refractivity contribution in [1.82, 2.24) is 15.1 Å². The van der Waals surface area contributed by atoms with Crippen LogP contribution in [-0.2, 0) is 0 Å². The average molecular weight is 289 g/mol. The molecule has 21 heavy (non-hydrogen) atoms. The van der Waals surface area contributed by atoms with Crippen molar-refractivity contribution in [1.29, 1.82) is 0 Å². The van der Waals surface area contributed by atoms with Gasteiger partial charge in [-0.1, -0.05) is 44.2 Å². The Balaban J connectivity index is 1.80. The first-order chi connectivity index (χ1) is 10.1. The van der Waals surface area contributed by atoms with E-state index in [4.69, 9.17) is 0 Å². The van der Waals surface area contributed by atoms with Crippen molar-refractivity contribution >= 4 is 6.03 Å². The van der Waals surface area contributed by atoms with Crippen molar-refractivity contribution in [2.24, 2.45) is 5.92 Å². The number of piperazine rings is 1. The third-order valence-electron chi connectivity index (χ3n) is 3.92. The number of hydrogen-bond acceptors (Lipinski definition) is 2. The van der Waals surface area contributed by atoms with Crippen LogP contribution < -0.4 is 5.32 Å². The molecule has 4 heteroatoms. The molecule has 0 radical (unpaired) electrons. The fourth-order valence-corrected chi connectivity index (χ4v) is 2.75. The quantitative estimate of drug-likeness (QED) is 0.925. The highest BCUT2D eigenvalue weighted by atomic mass is 16.2. The lowest BCUT2D eigenvalue weighted by atomic mass is 10.1. The summed E-state index contributed by atoms with van der Waals surface area (Å²) in [5.41, 5.74) is 1.14. The van der Waals surface area contributed by atoms with Crippen molar-refractivity contribution < 1.29 is 4.79 Å². The summed E-state index contributed by atoms with van der Waals surface area (Å²) in [5.74, 6) is 0.684. The standard InChI is InChI=1S/C17H27N3O/c1-14(2)13-19-9-11-20(12-10-19)17(21)18-15(3)16-7-5-4-6-8-16/h4-8,14-15H,9-13H2,1-3H3,(H,18,21). The van der Waals surface area contributed by atoms with Crippen molar-refractivity contribution in [3.63, 3.8) is 0 Å². The van der Waals surface area contributed by atoms with Crippen LogP contribution in [0.3, 0.4) is 0 Å². The number of hydrogen-bond donors (Lipinski definition) is 1. The van der Waals surface area contributed by atoms with Gasteiger partial charge in [0, 0.05) is 32.7 Å². The molecular formula is C17H27N3O. The fourth-order valence-electron chi connectivity index (χ4n) is 2.75. The number of nitrogens with one attached hydrogen (secondary N) is 1. The Morgan fingerprint density at radius 2 is 1.71 bits per heavy atom. The van der Waals surface area contributed by atoms with Gasteiger partial charge in [-0.3, -0.25) is 4.90 Å². The molecule has 1 fully saturated rings. The molecule has 1 heterocycles. The fraction of sp³-hybridized carbons (Fsp3) is 0.588. The predicted octanol–water partition coefficient (Wildman–Crippen LogP) is 2.73. The molecule has 0 bridgehead atoms. The Morgan fingerprint density at radius 1 is 1.10 bits per heavy atom. The highest BCUT2D eigenvalue weighted by molar-refractivity contribution is 5.74. The minimum absolute atomic E-state index is 0.0485. The van der Waals surface area contributed by atoms with E-state index in [9.17, 15) is 4.79 Å². The molecule has 1 atom stereocenters. The smallest absolute Gasteiger partial charge is 0.317 e. The van der Waals surface area contributed by atoms with Crippen LogP contribution in [0.5, 0.6) is 0 Å². The van der Waals surface area contributed by atoms with Gasteiger partial charge >= 0.3 is 6.03 Å². The largest absolute Gasteiger partial charge is 0.331 e. The molecule has 4 nitrogen and oxygen atoms in total. The van der Waals surface area contributed by atoms with Gasteiger partial charge in [-0.25, -0.2) is 4.79 Å². The van der Waals surface area contributed by atoms with E-state index >= 15 is 0 Å². The summed E-state index contributed by atoms with van der Waals surface area (Å²) >= 11 is 0. The molecule has 1 aromatic rings. The second-order valence-electron chi connectivity index (χ2n) is 6.26. The van der Waals surface area contributed by atoms with Gasteiger partial charge in [-0.05, 0) is 18.4 Å². The van der Waals surface area contributed by atoms with E-state index in [0.717, 1.165) is 38.3 Å². The maximum absolute atomic E-state index is 12.3. The van der Waals surface area contributed by atoms with E-state index in [1.54, 1.807) is 0 Å². The van der Waals surface area contributed by atoms with E-state index in [0.29, 0.717) is 5.92 Å². The highest BCUT2D eigenvalue weighted by Crippen LogP contribution is 2.12. The van der Waals surface area contributed by atoms with Crippen LogP contribution in [0.1, 0.15) is 32.4 Å². The molecule has 1 saturated heterocycles. The summed E-state index contributed by atoms with van der Waals surface area (Å²) in [6, 6.07) is 10.2. The van der Waals surface area contributed by atoms with Crippen LogP contribution >= 0.6 is 0 Å². The van der Waals surface area contributed by atoms with Gasteiger partial charge in [0.2, 0.25) is 0 Å². The second-order valence-corrected chi connectivity index (χ2v) is 6.26. The molecule has 0 aromatic heterocycles. The molecule has 2 rings (SSSR count). The SMILES string of the molecule is CC(C)CN1CCN(C(=O)NC(C)c2ccccc2)CC1. The zero-order valence-electron chi connectivity index (χ0n) is 13.4. The minimum atomic E-state index is 0.0485. The van der Waals surface area contributed by atoms with Crippen LogP contribution in [0.4, 0.5) is 4.79 Å².